The first-order chi connectivity index (χ1) is 8.40. The number of hydrogen-bond acceptors (Lipinski definition) is 3. The maximum absolute atomic E-state index is 6.06. The average molecular weight is 289 g/mol. The first kappa shape index (κ1) is 14.6. The molecule has 0 heterocycles. The zero-order valence-electron chi connectivity index (χ0n) is 10.0. The Morgan fingerprint density at radius 2 is 1.83 bits per heavy atom. The molecular weight excluding hydrogens is 275 g/mol. The standard InChI is InChI=1S/C11H14Cl2N4O/c1-6(2)18-10-8(12)3-7(4-9(10)13)5-16-17-11(14)15/h3-6H,1-2H3,(H4,14,15,17). The van der Waals surface area contributed by atoms with Crippen LogP contribution in [0.5, 0.6) is 5.75 Å². The second-order valence-electron chi connectivity index (χ2n) is 3.75. The number of nitrogens with zero attached hydrogens (tertiary/aromatic N) is 2. The Morgan fingerprint density at radius 1 is 1.28 bits per heavy atom. The topological polar surface area (TPSA) is 86.0 Å². The van der Waals surface area contributed by atoms with Gasteiger partial charge in [-0.1, -0.05) is 23.2 Å². The molecule has 0 aliphatic carbocycles. The maximum atomic E-state index is 6.06. The van der Waals surface area contributed by atoms with Crippen LogP contribution >= 0.6 is 23.2 Å². The minimum absolute atomic E-state index is 0.0128. The molecule has 0 aromatic heterocycles. The highest BCUT2D eigenvalue weighted by Crippen LogP contribution is 2.34. The summed E-state index contributed by atoms with van der Waals surface area (Å²) >= 11 is 12.1. The molecule has 0 fully saturated rings. The van der Waals surface area contributed by atoms with Crippen LogP contribution < -0.4 is 16.2 Å². The van der Waals surface area contributed by atoms with Crippen molar-refractivity contribution in [3.05, 3.63) is 27.7 Å². The quantitative estimate of drug-likeness (QED) is 0.507. The van der Waals surface area contributed by atoms with E-state index < -0.39 is 0 Å². The molecule has 4 N–H and O–H groups in total. The summed E-state index contributed by atoms with van der Waals surface area (Å²) in [6, 6.07) is 3.33. The van der Waals surface area contributed by atoms with Gasteiger partial charge < -0.3 is 16.2 Å². The molecule has 1 aromatic rings. The van der Waals surface area contributed by atoms with Crippen molar-refractivity contribution in [1.29, 1.82) is 0 Å². The molecule has 0 atom stereocenters. The van der Waals surface area contributed by atoms with E-state index in [1.807, 2.05) is 13.8 Å². The van der Waals surface area contributed by atoms with E-state index in [-0.39, 0.29) is 12.1 Å². The fraction of sp³-hybridized carbons (Fsp3) is 0.273. The lowest BCUT2D eigenvalue weighted by Crippen LogP contribution is -2.21. The van der Waals surface area contributed by atoms with Crippen molar-refractivity contribution >= 4 is 35.4 Å². The molecule has 5 nitrogen and oxygen atoms in total. The molecule has 7 heteroatoms. The summed E-state index contributed by atoms with van der Waals surface area (Å²) in [6.45, 7) is 3.78. The van der Waals surface area contributed by atoms with Gasteiger partial charge in [-0.2, -0.15) is 5.10 Å². The Balaban J connectivity index is 2.99. The molecule has 0 saturated carbocycles. The molecule has 0 bridgehead atoms. The van der Waals surface area contributed by atoms with Crippen molar-refractivity contribution in [3.63, 3.8) is 0 Å². The minimum Gasteiger partial charge on any atom is -0.488 e. The molecule has 0 aliphatic rings. The lowest BCUT2D eigenvalue weighted by molar-refractivity contribution is 0.243. The zero-order valence-corrected chi connectivity index (χ0v) is 11.5. The van der Waals surface area contributed by atoms with Crippen molar-refractivity contribution in [2.75, 3.05) is 0 Å². The van der Waals surface area contributed by atoms with Crippen LogP contribution in [0.1, 0.15) is 19.4 Å². The van der Waals surface area contributed by atoms with Crippen LogP contribution in [0.4, 0.5) is 0 Å². The van der Waals surface area contributed by atoms with Crippen LogP contribution in [-0.2, 0) is 0 Å². The molecule has 0 unspecified atom stereocenters. The summed E-state index contributed by atoms with van der Waals surface area (Å²) in [4.78, 5) is 0. The third kappa shape index (κ3) is 4.43. The third-order valence-electron chi connectivity index (χ3n) is 1.75. The largest absolute Gasteiger partial charge is 0.488 e. The highest BCUT2D eigenvalue weighted by Gasteiger charge is 2.10. The van der Waals surface area contributed by atoms with Crippen LogP contribution in [0.25, 0.3) is 0 Å². The summed E-state index contributed by atoms with van der Waals surface area (Å²) in [6.07, 6.45) is 1.43. The van der Waals surface area contributed by atoms with E-state index in [0.29, 0.717) is 21.4 Å². The van der Waals surface area contributed by atoms with Gasteiger partial charge in [0.15, 0.2) is 5.75 Å². The summed E-state index contributed by atoms with van der Waals surface area (Å²) in [5.74, 6) is 0.329. The first-order valence-electron chi connectivity index (χ1n) is 5.18. The van der Waals surface area contributed by atoms with E-state index in [0.717, 1.165) is 0 Å². The number of ether oxygens (including phenoxy) is 1. The van der Waals surface area contributed by atoms with Gasteiger partial charge in [-0.3, -0.25) is 0 Å². The molecule has 98 valence electrons. The van der Waals surface area contributed by atoms with E-state index >= 15 is 0 Å². The average Bonchev–Trinajstić information content (AvgIpc) is 2.22. The van der Waals surface area contributed by atoms with E-state index in [9.17, 15) is 0 Å². The van der Waals surface area contributed by atoms with Gasteiger partial charge >= 0.3 is 0 Å². The van der Waals surface area contributed by atoms with Crippen LogP contribution in [0, 0.1) is 0 Å². The number of benzene rings is 1. The van der Waals surface area contributed by atoms with Crippen LogP contribution in [0.2, 0.25) is 10.0 Å². The summed E-state index contributed by atoms with van der Waals surface area (Å²) in [5.41, 5.74) is 10.9. The Kier molecular flexibility index (Phi) is 5.25. The smallest absolute Gasteiger partial charge is 0.211 e. The van der Waals surface area contributed by atoms with Gasteiger partial charge in [-0.05, 0) is 31.5 Å². The predicted molar refractivity (Wildman–Crippen MR) is 75.6 cm³/mol. The van der Waals surface area contributed by atoms with Crippen molar-refractivity contribution in [1.82, 2.24) is 0 Å². The van der Waals surface area contributed by atoms with Gasteiger partial charge in [-0.15, -0.1) is 5.10 Å². The van der Waals surface area contributed by atoms with Crippen molar-refractivity contribution in [3.8, 4) is 5.75 Å². The molecule has 0 amide bonds. The Hall–Kier alpha value is -1.46. The molecular formula is C11H14Cl2N4O. The molecule has 0 saturated heterocycles. The van der Waals surface area contributed by atoms with E-state index in [1.165, 1.54) is 6.21 Å². The molecule has 0 spiro atoms. The van der Waals surface area contributed by atoms with Gasteiger partial charge in [0.2, 0.25) is 5.96 Å². The maximum Gasteiger partial charge on any atom is 0.211 e. The second kappa shape index (κ2) is 6.47. The second-order valence-corrected chi connectivity index (χ2v) is 4.56. The minimum atomic E-state index is -0.122. The summed E-state index contributed by atoms with van der Waals surface area (Å²) in [7, 11) is 0. The van der Waals surface area contributed by atoms with Gasteiger partial charge in [0.1, 0.15) is 0 Å². The normalized spacial score (nSPS) is 10.9. The highest BCUT2D eigenvalue weighted by molar-refractivity contribution is 6.37. The van der Waals surface area contributed by atoms with Crippen molar-refractivity contribution < 1.29 is 4.74 Å². The number of halogens is 2. The first-order valence-corrected chi connectivity index (χ1v) is 5.93. The monoisotopic (exact) mass is 288 g/mol. The van der Waals surface area contributed by atoms with Gasteiger partial charge in [-0.25, -0.2) is 0 Å². The van der Waals surface area contributed by atoms with Crippen molar-refractivity contribution in [2.45, 2.75) is 20.0 Å². The number of hydrogen-bond donors (Lipinski definition) is 2. The highest BCUT2D eigenvalue weighted by atomic mass is 35.5. The molecule has 0 aliphatic heterocycles. The zero-order chi connectivity index (χ0) is 13.7. The molecule has 18 heavy (non-hydrogen) atoms. The Bertz CT molecular complexity index is 459. The van der Waals surface area contributed by atoms with Crippen LogP contribution in [-0.4, -0.2) is 18.3 Å². The van der Waals surface area contributed by atoms with Crippen LogP contribution in [0.15, 0.2) is 22.3 Å². The lowest BCUT2D eigenvalue weighted by atomic mass is 10.2. The Morgan fingerprint density at radius 3 is 2.28 bits per heavy atom. The van der Waals surface area contributed by atoms with Crippen LogP contribution in [0.3, 0.4) is 0 Å². The third-order valence-corrected chi connectivity index (χ3v) is 2.32. The number of guanidine groups is 1. The van der Waals surface area contributed by atoms with Gasteiger partial charge in [0.05, 0.1) is 22.4 Å². The van der Waals surface area contributed by atoms with Gasteiger partial charge in [0, 0.05) is 0 Å². The summed E-state index contributed by atoms with van der Waals surface area (Å²) < 4.78 is 5.50. The predicted octanol–water partition coefficient (Wildman–Crippen LogP) is 2.39. The Labute approximate surface area is 115 Å². The van der Waals surface area contributed by atoms with E-state index in [4.69, 9.17) is 39.4 Å². The lowest BCUT2D eigenvalue weighted by Gasteiger charge is -2.13. The number of nitrogens with two attached hydrogens (primary N) is 2. The van der Waals surface area contributed by atoms with Crippen molar-refractivity contribution in [2.24, 2.45) is 21.7 Å². The molecule has 1 aromatic carbocycles. The fourth-order valence-corrected chi connectivity index (χ4v) is 1.76. The molecule has 1 rings (SSSR count). The number of rotatable bonds is 4. The molecule has 0 radical (unpaired) electrons. The summed E-state index contributed by atoms with van der Waals surface area (Å²) in [5, 5.41) is 7.95. The fourth-order valence-electron chi connectivity index (χ4n) is 1.16. The van der Waals surface area contributed by atoms with Gasteiger partial charge in [0.25, 0.3) is 0 Å². The SMILES string of the molecule is CC(C)Oc1c(Cl)cc(C=NN=C(N)N)cc1Cl. The van der Waals surface area contributed by atoms with E-state index in [1.54, 1.807) is 12.1 Å². The van der Waals surface area contributed by atoms with E-state index in [2.05, 4.69) is 10.2 Å².